The number of ether oxygens (including phenoxy) is 1. The number of imidazole rings is 1. The first-order valence-corrected chi connectivity index (χ1v) is 14.5. The lowest BCUT2D eigenvalue weighted by Crippen LogP contribution is -2.33. The van der Waals surface area contributed by atoms with Gasteiger partial charge in [0.2, 0.25) is 0 Å². The van der Waals surface area contributed by atoms with E-state index in [-0.39, 0.29) is 30.8 Å². The van der Waals surface area contributed by atoms with Gasteiger partial charge in [-0.2, -0.15) is 4.98 Å². The average Bonchev–Trinajstić information content (AvgIpc) is 3.51. The van der Waals surface area contributed by atoms with E-state index in [9.17, 15) is 13.8 Å². The Balaban J connectivity index is 0.00000151. The molecule has 1 saturated carbocycles. The molecular weight excluding hydrogens is 559 g/mol. The Bertz CT molecular complexity index is 1530. The molecule has 0 atom stereocenters. The second-order valence-corrected chi connectivity index (χ2v) is 11.0. The number of halogens is 2. The molecule has 4 aromatic rings. The van der Waals surface area contributed by atoms with E-state index in [1.807, 2.05) is 61.5 Å². The minimum atomic E-state index is -0.731. The normalized spacial score (nSPS) is 15.9. The van der Waals surface area contributed by atoms with Crippen molar-refractivity contribution in [2.45, 2.75) is 45.6 Å². The summed E-state index contributed by atoms with van der Waals surface area (Å²) in [6.07, 6.45) is 2.57. The summed E-state index contributed by atoms with van der Waals surface area (Å²) in [6.45, 7) is 6.17. The van der Waals surface area contributed by atoms with Crippen molar-refractivity contribution in [3.05, 3.63) is 70.7 Å². The van der Waals surface area contributed by atoms with Crippen LogP contribution in [0.5, 0.6) is 11.8 Å². The molecule has 1 amide bonds. The van der Waals surface area contributed by atoms with Crippen molar-refractivity contribution in [3.63, 3.8) is 0 Å². The van der Waals surface area contributed by atoms with Crippen LogP contribution < -0.4 is 13.8 Å². The average molecular weight is 587 g/mol. The number of benzene rings is 3. The first-order valence-electron chi connectivity index (χ1n) is 12.7. The molecule has 0 bridgehead atoms. The molecule has 1 aliphatic carbocycles. The van der Waals surface area contributed by atoms with Crippen molar-refractivity contribution >= 4 is 58.7 Å². The molecule has 6 rings (SSSR count). The van der Waals surface area contributed by atoms with Gasteiger partial charge in [-0.3, -0.25) is 13.8 Å². The number of carbonyl (C=O) groups is 1. The Morgan fingerprint density at radius 1 is 1.15 bits per heavy atom. The fourth-order valence-corrected chi connectivity index (χ4v) is 6.01. The van der Waals surface area contributed by atoms with Gasteiger partial charge in [0, 0.05) is 11.6 Å². The molecule has 3 aromatic carbocycles. The second kappa shape index (κ2) is 11.3. The van der Waals surface area contributed by atoms with Crippen LogP contribution in [0.15, 0.2) is 54.6 Å². The number of nitrogens with zero attached hydrogens (tertiary/aromatic N) is 3. The maximum absolute atomic E-state index is 14.1. The van der Waals surface area contributed by atoms with Crippen molar-refractivity contribution in [1.82, 2.24) is 13.7 Å². The Kier molecular flexibility index (Phi) is 8.00. The number of hydrogen-bond donors (Lipinski definition) is 2. The predicted molar refractivity (Wildman–Crippen MR) is 158 cm³/mol. The zero-order chi connectivity index (χ0) is 27.7. The summed E-state index contributed by atoms with van der Waals surface area (Å²) in [6, 6.07) is 16.7. The van der Waals surface area contributed by atoms with E-state index in [4.69, 9.17) is 16.3 Å². The summed E-state index contributed by atoms with van der Waals surface area (Å²) in [7, 11) is 0. The molecule has 1 saturated heterocycles. The van der Waals surface area contributed by atoms with Gasteiger partial charge in [0.05, 0.1) is 39.5 Å². The molecule has 1 aromatic heterocycles. The molecule has 2 aliphatic rings. The molecule has 39 heavy (non-hydrogen) atoms. The molecule has 0 radical (unpaired) electrons. The first kappa shape index (κ1) is 27.6. The highest BCUT2D eigenvalue weighted by molar-refractivity contribution is 7.99. The minimum absolute atomic E-state index is 0.0187. The number of carbonyl (C=O) groups excluding carboxylic acids is 1. The minimum Gasteiger partial charge on any atom is -0.425 e. The van der Waals surface area contributed by atoms with Gasteiger partial charge in [-0.1, -0.05) is 55.8 Å². The van der Waals surface area contributed by atoms with Crippen LogP contribution in [0.2, 0.25) is 5.02 Å². The summed E-state index contributed by atoms with van der Waals surface area (Å²) in [4.78, 5) is 16.2. The molecule has 204 valence electrons. The van der Waals surface area contributed by atoms with Crippen molar-refractivity contribution in [2.75, 3.05) is 10.8 Å². The number of nitrogens with one attached hydrogen (secondary N) is 1. The van der Waals surface area contributed by atoms with E-state index in [0.29, 0.717) is 21.8 Å². The monoisotopic (exact) mass is 586 g/mol. The van der Waals surface area contributed by atoms with Crippen LogP contribution in [-0.2, 0) is 10.4 Å². The number of hydrogen-bond acceptors (Lipinski definition) is 7. The maximum Gasteiger partial charge on any atom is 0.315 e. The van der Waals surface area contributed by atoms with Crippen molar-refractivity contribution in [2.24, 2.45) is 0 Å². The highest BCUT2D eigenvalue weighted by atomic mass is 35.5. The maximum atomic E-state index is 14.1. The predicted octanol–water partition coefficient (Wildman–Crippen LogP) is 7.74. The van der Waals surface area contributed by atoms with Gasteiger partial charge in [-0.15, -0.1) is 3.89 Å². The Labute approximate surface area is 240 Å². The lowest BCUT2D eigenvalue weighted by Gasteiger charge is -2.37. The van der Waals surface area contributed by atoms with Crippen molar-refractivity contribution in [1.29, 1.82) is 0 Å². The summed E-state index contributed by atoms with van der Waals surface area (Å²) < 4.78 is 25.9. The van der Waals surface area contributed by atoms with E-state index < -0.39 is 5.60 Å². The third-order valence-electron chi connectivity index (χ3n) is 6.87. The molecule has 2 heterocycles. The highest BCUT2D eigenvalue weighted by Crippen LogP contribution is 2.42. The number of aromatic nitrogens is 2. The summed E-state index contributed by atoms with van der Waals surface area (Å²) in [5.41, 5.74) is 4.59. The molecule has 7 nitrogen and oxygen atoms in total. The quantitative estimate of drug-likeness (QED) is 0.224. The number of aryl methyl sites for hydroxylation is 1. The zero-order valence-corrected chi connectivity index (χ0v) is 24.1. The van der Waals surface area contributed by atoms with Gasteiger partial charge in [0.1, 0.15) is 12.3 Å². The van der Waals surface area contributed by atoms with Crippen LogP contribution in [0.25, 0.3) is 22.2 Å². The van der Waals surface area contributed by atoms with Crippen molar-refractivity contribution < 1.29 is 18.5 Å². The highest BCUT2D eigenvalue weighted by Gasteiger charge is 2.36. The third-order valence-corrected chi connectivity index (χ3v) is 8.54. The van der Waals surface area contributed by atoms with E-state index in [2.05, 4.69) is 9.71 Å². The fraction of sp³-hybridized carbons (Fsp3) is 0.286. The van der Waals surface area contributed by atoms with Crippen molar-refractivity contribution in [3.8, 4) is 22.9 Å². The van der Waals surface area contributed by atoms with Crippen LogP contribution in [-0.4, -0.2) is 26.5 Å². The fourth-order valence-electron chi connectivity index (χ4n) is 4.63. The number of rotatable bonds is 6. The second-order valence-electron chi connectivity index (χ2n) is 9.24. The largest absolute Gasteiger partial charge is 0.425 e. The van der Waals surface area contributed by atoms with Gasteiger partial charge >= 0.3 is 6.01 Å². The standard InChI is InChI=1S/C26H22ClFN4O3S2.C2H6/c1-15-3-8-18(11-22(15)31-14-24(33)30-37-31)35-25-29-21-12-19(20(27)13-23(21)32(25)36-28)16-4-6-17(7-5-16)26(34)9-2-10-26;1-2/h3-8,11-13,34H,2,9-10,14H2,1H3,(H,30,33);1-2H3. The van der Waals surface area contributed by atoms with Crippen LogP contribution in [0.4, 0.5) is 9.57 Å². The van der Waals surface area contributed by atoms with Gasteiger partial charge < -0.3 is 9.84 Å². The number of aliphatic hydroxyl groups is 1. The Hall–Kier alpha value is -2.92. The third kappa shape index (κ3) is 5.30. The molecule has 2 N–H and O–H groups in total. The number of fused-ring (bicyclic) bond motifs is 1. The summed E-state index contributed by atoms with van der Waals surface area (Å²) in [5, 5.41) is 11.1. The molecule has 0 unspecified atom stereocenters. The van der Waals surface area contributed by atoms with Crippen LogP contribution in [0, 0.1) is 6.92 Å². The van der Waals surface area contributed by atoms with Crippen LogP contribution >= 0.6 is 36.1 Å². The van der Waals surface area contributed by atoms with Crippen LogP contribution in [0.1, 0.15) is 44.2 Å². The zero-order valence-electron chi connectivity index (χ0n) is 21.7. The Morgan fingerprint density at radius 2 is 1.90 bits per heavy atom. The SMILES string of the molecule is CC.Cc1ccc(Oc2nc3cc(-c4ccc(C5(O)CCC5)cc4)c(Cl)cc3n2SF)cc1N1CC(=O)NS1. The first-order chi connectivity index (χ1) is 18.8. The smallest absolute Gasteiger partial charge is 0.315 e. The lowest BCUT2D eigenvalue weighted by molar-refractivity contribution is -0.117. The molecule has 0 spiro atoms. The van der Waals surface area contributed by atoms with E-state index >= 15 is 0 Å². The molecule has 1 aliphatic heterocycles. The van der Waals surface area contributed by atoms with E-state index in [1.165, 1.54) is 16.1 Å². The Morgan fingerprint density at radius 3 is 2.51 bits per heavy atom. The van der Waals surface area contributed by atoms with Gasteiger partial charge in [0.25, 0.3) is 5.91 Å². The number of amides is 1. The topological polar surface area (TPSA) is 79.6 Å². The van der Waals surface area contributed by atoms with Gasteiger partial charge in [-0.25, -0.2) is 3.97 Å². The van der Waals surface area contributed by atoms with Gasteiger partial charge in [0.15, 0.2) is 12.3 Å². The molecular formula is C28H28ClFN4O3S2. The van der Waals surface area contributed by atoms with E-state index in [0.717, 1.165) is 47.2 Å². The number of anilines is 1. The van der Waals surface area contributed by atoms with Crippen LogP contribution in [0.3, 0.4) is 0 Å². The molecule has 11 heteroatoms. The molecule has 2 fully saturated rings. The summed E-state index contributed by atoms with van der Waals surface area (Å²) >= 11 is 7.82. The van der Waals surface area contributed by atoms with E-state index in [1.54, 1.807) is 18.2 Å². The summed E-state index contributed by atoms with van der Waals surface area (Å²) in [5.74, 6) is 0.384. The van der Waals surface area contributed by atoms with Gasteiger partial charge in [-0.05, 0) is 61.1 Å². The lowest BCUT2D eigenvalue weighted by atomic mass is 9.75.